The Balaban J connectivity index is 2.83. The predicted molar refractivity (Wildman–Crippen MR) is 81.6 cm³/mol. The minimum atomic E-state index is -1.74. The second-order valence-corrected chi connectivity index (χ2v) is 11.7. The summed E-state index contributed by atoms with van der Waals surface area (Å²) in [5, 5.41) is 0. The summed E-state index contributed by atoms with van der Waals surface area (Å²) in [6.07, 6.45) is -0.191. The molecule has 0 aliphatic carbocycles. The lowest BCUT2D eigenvalue weighted by Gasteiger charge is -2.27. The molecule has 7 heteroatoms. The fourth-order valence-electron chi connectivity index (χ4n) is 2.26. The van der Waals surface area contributed by atoms with E-state index in [0.717, 1.165) is 0 Å². The van der Waals surface area contributed by atoms with Gasteiger partial charge in [-0.15, -0.1) is 0 Å². The standard InChI is InChI=1S/C14H27NO5Si/c1-14(2,3)19-13(17)15-9-10(20-21(5,6)7)8-11(15)12(16)18-4/h10-11H,8-9H2,1-7H3/t10-,11?/m1/s1. The third-order valence-corrected chi connectivity index (χ3v) is 3.92. The van der Waals surface area contributed by atoms with Crippen molar-refractivity contribution in [3.8, 4) is 0 Å². The van der Waals surface area contributed by atoms with Gasteiger partial charge in [-0.3, -0.25) is 4.90 Å². The number of hydrogen-bond donors (Lipinski definition) is 0. The highest BCUT2D eigenvalue weighted by Crippen LogP contribution is 2.26. The maximum Gasteiger partial charge on any atom is 0.411 e. The molecule has 21 heavy (non-hydrogen) atoms. The number of amides is 1. The highest BCUT2D eigenvalue weighted by atomic mass is 28.4. The van der Waals surface area contributed by atoms with Crippen LogP contribution in [0.4, 0.5) is 4.79 Å². The first-order chi connectivity index (χ1) is 9.43. The number of nitrogens with zero attached hydrogens (tertiary/aromatic N) is 1. The van der Waals surface area contributed by atoms with E-state index in [9.17, 15) is 9.59 Å². The van der Waals surface area contributed by atoms with E-state index in [1.807, 2.05) is 0 Å². The maximum absolute atomic E-state index is 12.3. The minimum Gasteiger partial charge on any atom is -0.467 e. The van der Waals surface area contributed by atoms with Gasteiger partial charge in [0.25, 0.3) is 0 Å². The fraction of sp³-hybridized carbons (Fsp3) is 0.857. The van der Waals surface area contributed by atoms with E-state index in [0.29, 0.717) is 13.0 Å². The summed E-state index contributed by atoms with van der Waals surface area (Å²) >= 11 is 0. The van der Waals surface area contributed by atoms with Crippen LogP contribution in [0.2, 0.25) is 19.6 Å². The van der Waals surface area contributed by atoms with E-state index in [1.54, 1.807) is 20.8 Å². The zero-order valence-corrected chi connectivity index (χ0v) is 15.1. The summed E-state index contributed by atoms with van der Waals surface area (Å²) in [7, 11) is -0.417. The van der Waals surface area contributed by atoms with Crippen molar-refractivity contribution in [1.82, 2.24) is 4.90 Å². The van der Waals surface area contributed by atoms with Crippen LogP contribution >= 0.6 is 0 Å². The van der Waals surface area contributed by atoms with Crippen LogP contribution in [0.1, 0.15) is 27.2 Å². The molecule has 0 saturated carbocycles. The molecule has 1 heterocycles. The molecule has 2 atom stereocenters. The Bertz CT molecular complexity index is 399. The van der Waals surface area contributed by atoms with Crippen molar-refractivity contribution in [1.29, 1.82) is 0 Å². The van der Waals surface area contributed by atoms with Gasteiger partial charge in [-0.1, -0.05) is 0 Å². The third-order valence-electron chi connectivity index (χ3n) is 2.88. The lowest BCUT2D eigenvalue weighted by Crippen LogP contribution is -2.44. The normalized spacial score (nSPS) is 23.1. The summed E-state index contributed by atoms with van der Waals surface area (Å²) in [6, 6.07) is -0.633. The largest absolute Gasteiger partial charge is 0.467 e. The molecule has 1 unspecified atom stereocenters. The van der Waals surface area contributed by atoms with Crippen LogP contribution in [0.15, 0.2) is 0 Å². The first kappa shape index (κ1) is 18.0. The highest BCUT2D eigenvalue weighted by Gasteiger charge is 2.43. The van der Waals surface area contributed by atoms with Crippen molar-refractivity contribution < 1.29 is 23.5 Å². The Morgan fingerprint density at radius 1 is 1.19 bits per heavy atom. The molecule has 0 spiro atoms. The molecule has 122 valence electrons. The molecular formula is C14H27NO5Si. The molecule has 0 bridgehead atoms. The molecule has 1 aliphatic rings. The molecular weight excluding hydrogens is 290 g/mol. The first-order valence-electron chi connectivity index (χ1n) is 7.18. The molecule has 0 N–H and O–H groups in total. The van der Waals surface area contributed by atoms with Crippen molar-refractivity contribution in [2.24, 2.45) is 0 Å². The van der Waals surface area contributed by atoms with Gasteiger partial charge in [0.05, 0.1) is 13.2 Å². The Morgan fingerprint density at radius 2 is 1.76 bits per heavy atom. The highest BCUT2D eigenvalue weighted by molar-refractivity contribution is 6.69. The first-order valence-corrected chi connectivity index (χ1v) is 10.6. The molecule has 0 radical (unpaired) electrons. The summed E-state index contributed by atoms with van der Waals surface area (Å²) in [4.78, 5) is 25.6. The van der Waals surface area contributed by atoms with E-state index in [1.165, 1.54) is 12.0 Å². The maximum atomic E-state index is 12.3. The number of esters is 1. The van der Waals surface area contributed by atoms with Crippen LogP contribution < -0.4 is 0 Å². The second-order valence-electron chi connectivity index (χ2n) is 7.26. The van der Waals surface area contributed by atoms with Gasteiger partial charge in [-0.05, 0) is 40.4 Å². The number of methoxy groups -OCH3 is 1. The van der Waals surface area contributed by atoms with Gasteiger partial charge in [0, 0.05) is 13.0 Å². The Kier molecular flexibility index (Phi) is 5.44. The van der Waals surface area contributed by atoms with Crippen LogP contribution in [-0.2, 0) is 18.7 Å². The zero-order valence-electron chi connectivity index (χ0n) is 14.1. The van der Waals surface area contributed by atoms with Crippen molar-refractivity contribution in [2.75, 3.05) is 13.7 Å². The van der Waals surface area contributed by atoms with Crippen molar-refractivity contribution >= 4 is 20.4 Å². The molecule has 0 aromatic heterocycles. The van der Waals surface area contributed by atoms with Gasteiger partial charge in [0.2, 0.25) is 0 Å². The summed E-state index contributed by atoms with van der Waals surface area (Å²) < 4.78 is 16.2. The molecule has 1 amide bonds. The van der Waals surface area contributed by atoms with Crippen molar-refractivity contribution in [2.45, 2.75) is 64.6 Å². The minimum absolute atomic E-state index is 0.145. The fourth-order valence-corrected chi connectivity index (χ4v) is 3.44. The van der Waals surface area contributed by atoms with E-state index in [2.05, 4.69) is 19.6 Å². The van der Waals surface area contributed by atoms with Crippen molar-refractivity contribution in [3.05, 3.63) is 0 Å². The van der Waals surface area contributed by atoms with Gasteiger partial charge in [0.1, 0.15) is 11.6 Å². The summed E-state index contributed by atoms with van der Waals surface area (Å²) in [5.74, 6) is -0.428. The van der Waals surface area contributed by atoms with Crippen LogP contribution in [-0.4, -0.2) is 56.7 Å². The monoisotopic (exact) mass is 317 g/mol. The van der Waals surface area contributed by atoms with Crippen LogP contribution in [0.5, 0.6) is 0 Å². The zero-order chi connectivity index (χ0) is 16.4. The number of rotatable bonds is 3. The molecule has 0 aromatic carbocycles. The SMILES string of the molecule is COC(=O)C1C[C@@H](O[Si](C)(C)C)CN1C(=O)OC(C)(C)C. The van der Waals surface area contributed by atoms with E-state index in [-0.39, 0.29) is 6.10 Å². The smallest absolute Gasteiger partial charge is 0.411 e. The average Bonchev–Trinajstić information content (AvgIpc) is 2.67. The molecule has 1 saturated heterocycles. The van der Waals surface area contributed by atoms with Crippen LogP contribution in [0.3, 0.4) is 0 Å². The molecule has 0 aromatic rings. The Morgan fingerprint density at radius 3 is 2.19 bits per heavy atom. The van der Waals surface area contributed by atoms with Crippen molar-refractivity contribution in [3.63, 3.8) is 0 Å². The van der Waals surface area contributed by atoms with Crippen LogP contribution in [0.25, 0.3) is 0 Å². The number of hydrogen-bond acceptors (Lipinski definition) is 5. The lowest BCUT2D eigenvalue weighted by molar-refractivity contribution is -0.145. The summed E-state index contributed by atoms with van der Waals surface area (Å²) in [6.45, 7) is 12.0. The summed E-state index contributed by atoms with van der Waals surface area (Å²) in [5.41, 5.74) is -0.602. The molecule has 1 fully saturated rings. The van der Waals surface area contributed by atoms with Crippen LogP contribution in [0, 0.1) is 0 Å². The number of likely N-dealkylation sites (tertiary alicyclic amines) is 1. The van der Waals surface area contributed by atoms with Gasteiger partial charge in [-0.25, -0.2) is 9.59 Å². The lowest BCUT2D eigenvalue weighted by atomic mass is 10.2. The Labute approximate surface area is 127 Å². The molecule has 1 rings (SSSR count). The molecule has 1 aliphatic heterocycles. The third kappa shape index (κ3) is 5.66. The topological polar surface area (TPSA) is 65.1 Å². The number of carbonyl (C=O) groups is 2. The van der Waals surface area contributed by atoms with Gasteiger partial charge < -0.3 is 13.9 Å². The predicted octanol–water partition coefficient (Wildman–Crippen LogP) is 2.39. The second kappa shape index (κ2) is 6.35. The molecule has 6 nitrogen and oxygen atoms in total. The van der Waals surface area contributed by atoms with Gasteiger partial charge in [-0.2, -0.15) is 0 Å². The van der Waals surface area contributed by atoms with E-state index in [4.69, 9.17) is 13.9 Å². The van der Waals surface area contributed by atoms with Gasteiger partial charge in [0.15, 0.2) is 8.32 Å². The quantitative estimate of drug-likeness (QED) is 0.591. The number of carbonyl (C=O) groups excluding carboxylic acids is 2. The Hall–Kier alpha value is -1.08. The van der Waals surface area contributed by atoms with E-state index >= 15 is 0 Å². The van der Waals surface area contributed by atoms with E-state index < -0.39 is 32.0 Å². The number of ether oxygens (including phenoxy) is 2. The average molecular weight is 317 g/mol. The van der Waals surface area contributed by atoms with Gasteiger partial charge >= 0.3 is 12.1 Å².